The minimum absolute atomic E-state index is 0.0635. The van der Waals surface area contributed by atoms with Gasteiger partial charge in [-0.05, 0) is 23.6 Å². The molecule has 0 spiro atoms. The quantitative estimate of drug-likeness (QED) is 0.572. The summed E-state index contributed by atoms with van der Waals surface area (Å²) in [5.41, 5.74) is 0.194. The van der Waals surface area contributed by atoms with Crippen molar-refractivity contribution in [3.63, 3.8) is 0 Å². The number of hydrogen-bond acceptors (Lipinski definition) is 6. The number of alkyl halides is 2. The van der Waals surface area contributed by atoms with Gasteiger partial charge >= 0.3 is 6.61 Å². The first-order valence-corrected chi connectivity index (χ1v) is 9.76. The summed E-state index contributed by atoms with van der Waals surface area (Å²) in [6.07, 6.45) is 0.673. The number of carbonyl (C=O) groups is 1. The number of thioether (sulfide) groups is 1. The van der Waals surface area contributed by atoms with Gasteiger partial charge in [-0.3, -0.25) is 4.79 Å². The molecule has 6 nitrogen and oxygen atoms in total. The lowest BCUT2D eigenvalue weighted by Crippen LogP contribution is -2.16. The number of ether oxygens (including phenoxy) is 1. The van der Waals surface area contributed by atoms with Crippen molar-refractivity contribution in [2.45, 2.75) is 18.2 Å². The number of para-hydroxylation sites is 2. The Bertz CT molecular complexity index is 900. The Morgan fingerprint density at radius 3 is 2.85 bits per heavy atom. The van der Waals surface area contributed by atoms with E-state index in [0.29, 0.717) is 11.6 Å². The molecule has 0 fully saturated rings. The van der Waals surface area contributed by atoms with Crippen LogP contribution in [-0.2, 0) is 18.3 Å². The zero-order chi connectivity index (χ0) is 19.2. The number of nitrogens with zero attached hydrogens (tertiary/aromatic N) is 3. The minimum atomic E-state index is -2.96. The Kier molecular flexibility index (Phi) is 6.40. The molecule has 3 aromatic rings. The first-order chi connectivity index (χ1) is 13.0. The van der Waals surface area contributed by atoms with E-state index in [4.69, 9.17) is 0 Å². The summed E-state index contributed by atoms with van der Waals surface area (Å²) >= 11 is 2.86. The van der Waals surface area contributed by atoms with Gasteiger partial charge in [-0.15, -0.1) is 21.5 Å². The third-order valence-electron chi connectivity index (χ3n) is 3.55. The predicted octanol–water partition coefficient (Wildman–Crippen LogP) is 3.80. The molecule has 10 heteroatoms. The fourth-order valence-electron chi connectivity index (χ4n) is 2.28. The molecule has 0 radical (unpaired) electrons. The van der Waals surface area contributed by atoms with Crippen LogP contribution in [0.2, 0.25) is 0 Å². The van der Waals surface area contributed by atoms with E-state index in [0.717, 1.165) is 5.82 Å². The lowest BCUT2D eigenvalue weighted by atomic mass is 10.3. The number of halogens is 2. The summed E-state index contributed by atoms with van der Waals surface area (Å²) in [6, 6.07) is 10.1. The van der Waals surface area contributed by atoms with Crippen LogP contribution in [0, 0.1) is 0 Å². The van der Waals surface area contributed by atoms with Gasteiger partial charge in [-0.25, -0.2) is 0 Å². The number of anilines is 1. The van der Waals surface area contributed by atoms with E-state index in [2.05, 4.69) is 20.3 Å². The second kappa shape index (κ2) is 8.96. The smallest absolute Gasteiger partial charge is 0.387 e. The maximum absolute atomic E-state index is 12.4. The van der Waals surface area contributed by atoms with Gasteiger partial charge in [-0.2, -0.15) is 8.78 Å². The maximum atomic E-state index is 12.4. The number of carbonyl (C=O) groups excluding carboxylic acids is 1. The predicted molar refractivity (Wildman–Crippen MR) is 101 cm³/mol. The molecular weight excluding hydrogens is 394 g/mol. The van der Waals surface area contributed by atoms with Crippen LogP contribution in [-0.4, -0.2) is 33.0 Å². The molecule has 1 amide bonds. The second-order valence-corrected chi connectivity index (χ2v) is 7.40. The Balaban J connectivity index is 1.58. The largest absolute Gasteiger partial charge is 0.433 e. The highest BCUT2D eigenvalue weighted by molar-refractivity contribution is 7.99. The standard InChI is InChI=1S/C17H16F2N4O2S2/c1-23-14(9-11-5-4-8-26-11)21-22-17(23)27-10-15(24)20-12-6-2-3-7-13(12)25-16(18)19/h2-8,16H,9-10H2,1H3,(H,20,24). The number of thiophene rings is 1. The third-order valence-corrected chi connectivity index (χ3v) is 5.44. The summed E-state index contributed by atoms with van der Waals surface area (Å²) < 4.78 is 31.1. The molecule has 27 heavy (non-hydrogen) atoms. The van der Waals surface area contributed by atoms with E-state index in [-0.39, 0.29) is 23.1 Å². The van der Waals surface area contributed by atoms with Crippen LogP contribution in [0.25, 0.3) is 0 Å². The second-order valence-electron chi connectivity index (χ2n) is 5.43. The van der Waals surface area contributed by atoms with E-state index < -0.39 is 6.61 Å². The number of aromatic nitrogens is 3. The highest BCUT2D eigenvalue weighted by Gasteiger charge is 2.14. The lowest BCUT2D eigenvalue weighted by molar-refractivity contribution is -0.113. The Morgan fingerprint density at radius 2 is 2.11 bits per heavy atom. The summed E-state index contributed by atoms with van der Waals surface area (Å²) in [4.78, 5) is 13.3. The molecule has 2 heterocycles. The van der Waals surface area contributed by atoms with Crippen molar-refractivity contribution >= 4 is 34.7 Å². The molecule has 142 valence electrons. The minimum Gasteiger partial charge on any atom is -0.433 e. The SMILES string of the molecule is Cn1c(Cc2cccs2)nnc1SCC(=O)Nc1ccccc1OC(F)F. The Labute approximate surface area is 162 Å². The molecule has 0 aliphatic rings. The Hall–Kier alpha value is -2.46. The highest BCUT2D eigenvalue weighted by atomic mass is 32.2. The van der Waals surface area contributed by atoms with Gasteiger partial charge in [0.15, 0.2) is 5.16 Å². The van der Waals surface area contributed by atoms with Crippen LogP contribution >= 0.6 is 23.1 Å². The molecule has 0 saturated carbocycles. The summed E-state index contributed by atoms with van der Waals surface area (Å²) in [6.45, 7) is -2.96. The van der Waals surface area contributed by atoms with Crippen molar-refractivity contribution in [2.24, 2.45) is 7.05 Å². The van der Waals surface area contributed by atoms with Crippen molar-refractivity contribution in [3.05, 3.63) is 52.5 Å². The zero-order valence-corrected chi connectivity index (χ0v) is 15.9. The maximum Gasteiger partial charge on any atom is 0.387 e. The number of rotatable bonds is 8. The van der Waals surface area contributed by atoms with Crippen LogP contribution in [0.5, 0.6) is 5.75 Å². The molecular formula is C17H16F2N4O2S2. The Morgan fingerprint density at radius 1 is 1.30 bits per heavy atom. The van der Waals surface area contributed by atoms with Crippen LogP contribution in [0.1, 0.15) is 10.7 Å². The molecule has 0 unspecified atom stereocenters. The fourth-order valence-corrected chi connectivity index (χ4v) is 3.71. The van der Waals surface area contributed by atoms with Crippen molar-refractivity contribution in [3.8, 4) is 5.75 Å². The van der Waals surface area contributed by atoms with Gasteiger partial charge < -0.3 is 14.6 Å². The molecule has 0 aliphatic heterocycles. The molecule has 0 bridgehead atoms. The van der Waals surface area contributed by atoms with Gasteiger partial charge in [0, 0.05) is 18.3 Å². The number of hydrogen-bond donors (Lipinski definition) is 1. The van der Waals surface area contributed by atoms with E-state index in [1.54, 1.807) is 23.5 Å². The fraction of sp³-hybridized carbons (Fsp3) is 0.235. The van der Waals surface area contributed by atoms with E-state index in [1.807, 2.05) is 29.1 Å². The monoisotopic (exact) mass is 410 g/mol. The van der Waals surface area contributed by atoms with Crippen LogP contribution in [0.4, 0.5) is 14.5 Å². The van der Waals surface area contributed by atoms with Gasteiger partial charge in [0.25, 0.3) is 0 Å². The van der Waals surface area contributed by atoms with Crippen LogP contribution in [0.3, 0.4) is 0 Å². The number of amides is 1. The van der Waals surface area contributed by atoms with Crippen LogP contribution in [0.15, 0.2) is 46.9 Å². The first-order valence-electron chi connectivity index (χ1n) is 7.90. The summed E-state index contributed by atoms with van der Waals surface area (Å²) in [5, 5.41) is 13.5. The molecule has 0 aliphatic carbocycles. The van der Waals surface area contributed by atoms with Crippen molar-refractivity contribution < 1.29 is 18.3 Å². The lowest BCUT2D eigenvalue weighted by Gasteiger charge is -2.11. The summed E-state index contributed by atoms with van der Waals surface area (Å²) in [5.74, 6) is 0.431. The van der Waals surface area contributed by atoms with Gasteiger partial charge in [0.05, 0.1) is 11.4 Å². The van der Waals surface area contributed by atoms with Gasteiger partial charge in [0.2, 0.25) is 5.91 Å². The summed E-state index contributed by atoms with van der Waals surface area (Å²) in [7, 11) is 1.84. The topological polar surface area (TPSA) is 69.0 Å². The van der Waals surface area contributed by atoms with E-state index in [9.17, 15) is 13.6 Å². The van der Waals surface area contributed by atoms with Gasteiger partial charge in [0.1, 0.15) is 11.6 Å². The molecule has 1 N–H and O–H groups in total. The normalized spacial score (nSPS) is 11.0. The molecule has 1 aromatic carbocycles. The molecule has 2 aromatic heterocycles. The zero-order valence-electron chi connectivity index (χ0n) is 14.3. The first kappa shape index (κ1) is 19.3. The van der Waals surface area contributed by atoms with E-state index in [1.165, 1.54) is 28.8 Å². The van der Waals surface area contributed by atoms with Crippen molar-refractivity contribution in [1.29, 1.82) is 0 Å². The van der Waals surface area contributed by atoms with Crippen molar-refractivity contribution in [2.75, 3.05) is 11.1 Å². The number of nitrogens with one attached hydrogen (secondary N) is 1. The average Bonchev–Trinajstić information content (AvgIpc) is 3.26. The van der Waals surface area contributed by atoms with Crippen LogP contribution < -0.4 is 10.1 Å². The van der Waals surface area contributed by atoms with E-state index >= 15 is 0 Å². The third kappa shape index (κ3) is 5.27. The number of benzene rings is 1. The van der Waals surface area contributed by atoms with Gasteiger partial charge in [-0.1, -0.05) is 30.0 Å². The van der Waals surface area contributed by atoms with Crippen molar-refractivity contribution in [1.82, 2.24) is 14.8 Å². The molecule has 0 saturated heterocycles. The molecule has 0 atom stereocenters. The highest BCUT2D eigenvalue weighted by Crippen LogP contribution is 2.26. The average molecular weight is 410 g/mol. The molecule has 3 rings (SSSR count).